The molecule has 0 radical (unpaired) electrons. The van der Waals surface area contributed by atoms with E-state index in [1.165, 1.54) is 49.5 Å². The minimum Gasteiger partial charge on any atom is -0.296 e. The molecule has 7 aromatic rings. The van der Waals surface area contributed by atoms with Crippen LogP contribution >= 0.6 is 0 Å². The summed E-state index contributed by atoms with van der Waals surface area (Å²) >= 11 is 0. The number of hydrogen-bond acceptors (Lipinski definition) is 2. The van der Waals surface area contributed by atoms with E-state index in [1.807, 2.05) is 6.07 Å². The number of ketones is 1. The van der Waals surface area contributed by atoms with Crippen molar-refractivity contribution in [1.82, 2.24) is 9.55 Å². The maximum absolute atomic E-state index is 15.9. The van der Waals surface area contributed by atoms with Crippen molar-refractivity contribution in [3.05, 3.63) is 153 Å². The van der Waals surface area contributed by atoms with Crippen molar-refractivity contribution in [1.29, 1.82) is 0 Å². The predicted molar refractivity (Wildman–Crippen MR) is 253 cm³/mol. The Balaban J connectivity index is 1.42. The third-order valence-electron chi connectivity index (χ3n) is 12.8. The summed E-state index contributed by atoms with van der Waals surface area (Å²) in [6.45, 7) is 4.30. The van der Waals surface area contributed by atoms with Gasteiger partial charge in [-0.25, -0.2) is 4.98 Å². The lowest BCUT2D eigenvalue weighted by Gasteiger charge is -2.28. The Kier molecular flexibility index (Phi) is 8.31. The quantitative estimate of drug-likeness (QED) is 0.167. The highest BCUT2D eigenvalue weighted by atomic mass is 16.1. The number of nitrogens with zero attached hydrogens (tertiary/aromatic N) is 2. The number of carbonyl (C=O) groups excluding carboxylic acids is 1. The lowest BCUT2D eigenvalue weighted by atomic mass is 9.61. The Bertz CT molecular complexity index is 3030. The van der Waals surface area contributed by atoms with Gasteiger partial charge in [0.2, 0.25) is 0 Å². The van der Waals surface area contributed by atoms with E-state index in [9.17, 15) is 0 Å². The first-order valence-electron chi connectivity index (χ1n) is 19.5. The fourth-order valence-electron chi connectivity index (χ4n) is 9.29. The highest BCUT2D eigenvalue weighted by Gasteiger charge is 2.33. The maximum Gasteiger partial charge on any atom is 0.194 e. The van der Waals surface area contributed by atoms with Crippen molar-refractivity contribution >= 4 is 116 Å². The predicted octanol–water partition coefficient (Wildman–Crippen LogP) is -1.21. The molecule has 9 rings (SSSR count). The molecule has 10 heteroatoms. The van der Waals surface area contributed by atoms with E-state index in [2.05, 4.69) is 170 Å². The van der Waals surface area contributed by atoms with Gasteiger partial charge in [-0.2, -0.15) is 0 Å². The van der Waals surface area contributed by atoms with Crippen LogP contribution in [-0.2, 0) is 11.2 Å². The summed E-state index contributed by atoms with van der Waals surface area (Å²) < 4.78 is 2.27. The highest BCUT2D eigenvalue weighted by Crippen LogP contribution is 2.48. The van der Waals surface area contributed by atoms with Crippen molar-refractivity contribution in [3.63, 3.8) is 0 Å². The van der Waals surface area contributed by atoms with Gasteiger partial charge in [0.25, 0.3) is 0 Å². The Hall–Kier alpha value is -5.61. The van der Waals surface area contributed by atoms with Crippen LogP contribution in [0.4, 0.5) is 0 Å². The smallest absolute Gasteiger partial charge is 0.194 e. The fourth-order valence-corrected chi connectivity index (χ4v) is 9.29. The molecule has 55 heavy (non-hydrogen) atoms. The molecule has 0 N–H and O–H groups in total. The van der Waals surface area contributed by atoms with Crippen LogP contribution in [0.5, 0.6) is 0 Å². The summed E-state index contributed by atoms with van der Waals surface area (Å²) in [5.41, 5.74) is 21.0. The number of Topliss-reactive ketones (excluding diaryl/α,β-unsaturated/α-hetero) is 1. The second kappa shape index (κ2) is 13.0. The molecule has 3 nitrogen and oxygen atoms in total. The largest absolute Gasteiger partial charge is 0.296 e. The lowest BCUT2D eigenvalue weighted by molar-refractivity contribution is -0.110. The first-order chi connectivity index (χ1) is 26.5. The Morgan fingerprint density at radius 3 is 1.87 bits per heavy atom. The van der Waals surface area contributed by atoms with Gasteiger partial charge < -0.3 is 0 Å². The third kappa shape index (κ3) is 5.07. The van der Waals surface area contributed by atoms with Crippen LogP contribution in [0.25, 0.3) is 60.9 Å². The van der Waals surface area contributed by atoms with E-state index in [-0.39, 0.29) is 5.78 Å². The van der Waals surface area contributed by atoms with E-state index in [0.29, 0.717) is 0 Å². The van der Waals surface area contributed by atoms with Crippen molar-refractivity contribution < 1.29 is 4.79 Å². The maximum atomic E-state index is 15.9. The number of fused-ring (bicyclic) bond motifs is 5. The number of aromatic nitrogens is 2. The van der Waals surface area contributed by atoms with Crippen LogP contribution in [0.2, 0.25) is 0 Å². The van der Waals surface area contributed by atoms with Gasteiger partial charge >= 0.3 is 0 Å². The summed E-state index contributed by atoms with van der Waals surface area (Å²) in [5.74, 6) is 1.11. The molecule has 0 atom stereocenters. The molecule has 0 fully saturated rings. The number of aryl methyl sites for hydroxylation is 1. The van der Waals surface area contributed by atoms with Crippen LogP contribution < -0.4 is 32.3 Å². The molecule has 0 aliphatic heterocycles. The summed E-state index contributed by atoms with van der Waals surface area (Å²) in [7, 11) is 15.4. The topological polar surface area (TPSA) is 34.9 Å². The third-order valence-corrected chi connectivity index (χ3v) is 12.8. The standard InChI is InChI=1S/C45H39B7N2O/c1-3-32-53-30-13-6-7-14-31(30)54(32)23-17-15-22(16-18-23)33-36-37(41(49)44(52)43(51)40(36)48)35(45(55)38(33)42(50)39(47)21(2)46)29-20-19-28-25-10-5-4-9-24(25)26-11-8-12-27(29)34(26)28/h4-20H,3,46-52H2,1-2H3/b39-21-,42-38+. The molecular weight excluding hydrogens is 660 g/mol. The van der Waals surface area contributed by atoms with Crippen molar-refractivity contribution in [2.75, 3.05) is 0 Å². The van der Waals surface area contributed by atoms with Gasteiger partial charge in [-0.3, -0.25) is 9.36 Å². The van der Waals surface area contributed by atoms with Crippen molar-refractivity contribution in [2.24, 2.45) is 0 Å². The normalized spacial score (nSPS) is 14.7. The van der Waals surface area contributed by atoms with E-state index in [4.69, 9.17) is 4.98 Å². The number of benzene rings is 6. The van der Waals surface area contributed by atoms with Crippen LogP contribution in [0.3, 0.4) is 0 Å². The highest BCUT2D eigenvalue weighted by molar-refractivity contribution is 6.63. The van der Waals surface area contributed by atoms with Gasteiger partial charge in [0.1, 0.15) is 60.7 Å². The van der Waals surface area contributed by atoms with Gasteiger partial charge in [-0.05, 0) is 84.4 Å². The number of para-hydroxylation sites is 2. The van der Waals surface area contributed by atoms with Gasteiger partial charge in [0, 0.05) is 23.3 Å². The van der Waals surface area contributed by atoms with Gasteiger partial charge in [0.15, 0.2) is 5.78 Å². The zero-order chi connectivity index (χ0) is 38.4. The molecule has 2 aliphatic rings. The first kappa shape index (κ1) is 35.1. The molecule has 0 amide bonds. The molecule has 6 aromatic carbocycles. The molecule has 0 bridgehead atoms. The Morgan fingerprint density at radius 1 is 0.636 bits per heavy atom. The second-order valence-electron chi connectivity index (χ2n) is 15.6. The van der Waals surface area contributed by atoms with E-state index in [0.717, 1.165) is 89.0 Å². The number of hydrogen-bond donors (Lipinski definition) is 0. The van der Waals surface area contributed by atoms with E-state index >= 15 is 4.79 Å². The lowest BCUT2D eigenvalue weighted by Crippen LogP contribution is -2.66. The minimum absolute atomic E-state index is 0.0838. The van der Waals surface area contributed by atoms with Crippen molar-refractivity contribution in [3.8, 4) is 27.9 Å². The number of imidazole rings is 1. The van der Waals surface area contributed by atoms with E-state index in [1.54, 1.807) is 0 Å². The monoisotopic (exact) mass is 700 g/mol. The van der Waals surface area contributed by atoms with Gasteiger partial charge in [-0.15, -0.1) is 21.9 Å². The minimum atomic E-state index is 0.0838. The number of allylic oxidation sites excluding steroid dienone is 4. The summed E-state index contributed by atoms with van der Waals surface area (Å²) in [4.78, 5) is 20.8. The molecule has 2 aliphatic carbocycles. The summed E-state index contributed by atoms with van der Waals surface area (Å²) in [6.07, 6.45) is 0.822. The molecule has 0 spiro atoms. The van der Waals surface area contributed by atoms with Crippen LogP contribution in [0, 0.1) is 0 Å². The fraction of sp³-hybridized carbons (Fsp3) is 0.0667. The Labute approximate surface area is 329 Å². The van der Waals surface area contributed by atoms with Crippen LogP contribution in [0.15, 0.2) is 125 Å². The van der Waals surface area contributed by atoms with Gasteiger partial charge in [-0.1, -0.05) is 109 Å². The molecule has 0 saturated carbocycles. The summed E-state index contributed by atoms with van der Waals surface area (Å²) in [5, 5.41) is 4.57. The average Bonchev–Trinajstić information content (AvgIpc) is 3.75. The van der Waals surface area contributed by atoms with E-state index < -0.39 is 0 Å². The van der Waals surface area contributed by atoms with Crippen molar-refractivity contribution in [2.45, 2.75) is 20.3 Å². The molecular formula is C45H39B7N2O. The zero-order valence-corrected chi connectivity index (χ0v) is 33.3. The average molecular weight is 700 g/mol. The Morgan fingerprint density at radius 2 is 1.22 bits per heavy atom. The van der Waals surface area contributed by atoms with Crippen LogP contribution in [0.1, 0.15) is 30.8 Å². The zero-order valence-electron chi connectivity index (χ0n) is 33.3. The summed E-state index contributed by atoms with van der Waals surface area (Å²) in [6, 6.07) is 36.9. The van der Waals surface area contributed by atoms with Gasteiger partial charge in [0.05, 0.1) is 11.0 Å². The van der Waals surface area contributed by atoms with Crippen LogP contribution in [-0.4, -0.2) is 70.3 Å². The molecule has 0 saturated heterocycles. The SMILES string of the molecule is B/C(C)=C(B)/C(B)=C1\C(=O)C(c2ccc3c4c(cccc24)-c2ccccc2-3)=c2c(B)c(B)c(B)c(B)c2=C1c1ccc(-n2c(CC)nc3ccccc32)cc1. The molecule has 1 heterocycles. The first-order valence-corrected chi connectivity index (χ1v) is 19.5. The number of carbonyl (C=O) groups is 1. The molecule has 0 unspecified atom stereocenters. The second-order valence-corrected chi connectivity index (χ2v) is 15.6. The molecule has 256 valence electrons. The number of rotatable bonds is 5. The molecule has 1 aromatic heterocycles.